The third-order valence-electron chi connectivity index (χ3n) is 3.43. The van der Waals surface area contributed by atoms with Crippen LogP contribution in [0, 0.1) is 11.8 Å². The van der Waals surface area contributed by atoms with Crippen molar-refractivity contribution >= 4 is 10.2 Å². The Morgan fingerprint density at radius 3 is 2.61 bits per heavy atom. The summed E-state index contributed by atoms with van der Waals surface area (Å²) in [5, 5.41) is 9.55. The summed E-state index contributed by atoms with van der Waals surface area (Å²) >= 11 is 0. The van der Waals surface area contributed by atoms with Crippen LogP contribution in [0.5, 0.6) is 0 Å². The lowest BCUT2D eigenvalue weighted by Crippen LogP contribution is -2.56. The quantitative estimate of drug-likeness (QED) is 0.678. The van der Waals surface area contributed by atoms with E-state index in [0.29, 0.717) is 25.3 Å². The van der Waals surface area contributed by atoms with Crippen molar-refractivity contribution in [3.8, 4) is 0 Å². The molecule has 1 fully saturated rings. The van der Waals surface area contributed by atoms with Crippen LogP contribution in [-0.2, 0) is 10.2 Å². The predicted octanol–water partition coefficient (Wildman–Crippen LogP) is 1.01. The van der Waals surface area contributed by atoms with Gasteiger partial charge in [-0.25, -0.2) is 4.72 Å². The summed E-state index contributed by atoms with van der Waals surface area (Å²) in [7, 11) is -3.53. The summed E-state index contributed by atoms with van der Waals surface area (Å²) in [5.74, 6) is 0.704. The van der Waals surface area contributed by atoms with E-state index in [4.69, 9.17) is 0 Å². The molecule has 1 aliphatic carbocycles. The van der Waals surface area contributed by atoms with E-state index in [1.165, 1.54) is 0 Å². The van der Waals surface area contributed by atoms with Crippen molar-refractivity contribution in [2.75, 3.05) is 13.2 Å². The number of aliphatic hydroxyl groups is 1. The molecule has 0 saturated heterocycles. The molecule has 108 valence electrons. The Morgan fingerprint density at radius 1 is 1.44 bits per heavy atom. The minimum absolute atomic E-state index is 0.139. The Morgan fingerprint density at radius 2 is 2.11 bits per heavy atom. The Balaban J connectivity index is 2.66. The molecule has 6 heteroatoms. The van der Waals surface area contributed by atoms with Crippen molar-refractivity contribution in [3.63, 3.8) is 0 Å². The van der Waals surface area contributed by atoms with Gasteiger partial charge in [-0.3, -0.25) is 0 Å². The smallest absolute Gasteiger partial charge is 0.277 e. The van der Waals surface area contributed by atoms with Gasteiger partial charge in [0.25, 0.3) is 10.2 Å². The largest absolute Gasteiger partial charge is 0.394 e. The molecule has 0 amide bonds. The van der Waals surface area contributed by atoms with Crippen LogP contribution in [-0.4, -0.2) is 32.2 Å². The second-order valence-electron chi connectivity index (χ2n) is 5.99. The molecule has 0 spiro atoms. The summed E-state index contributed by atoms with van der Waals surface area (Å²) < 4.78 is 29.1. The SMILES string of the molecule is CC(C)CNS(=O)(=O)NC1(CO)CCCC(C)C1. The second kappa shape index (κ2) is 6.32. The highest BCUT2D eigenvalue weighted by molar-refractivity contribution is 7.87. The molecule has 0 aliphatic heterocycles. The number of aliphatic hydroxyl groups excluding tert-OH is 1. The average molecular weight is 278 g/mol. The maximum absolute atomic E-state index is 11.9. The van der Waals surface area contributed by atoms with Crippen molar-refractivity contribution < 1.29 is 13.5 Å². The van der Waals surface area contributed by atoms with Crippen molar-refractivity contribution in [2.45, 2.75) is 52.0 Å². The van der Waals surface area contributed by atoms with Gasteiger partial charge in [0.05, 0.1) is 12.1 Å². The third-order valence-corrected chi connectivity index (χ3v) is 4.68. The zero-order valence-corrected chi connectivity index (χ0v) is 12.4. The summed E-state index contributed by atoms with van der Waals surface area (Å²) in [6.45, 7) is 6.27. The van der Waals surface area contributed by atoms with E-state index in [2.05, 4.69) is 16.4 Å². The molecule has 1 saturated carbocycles. The van der Waals surface area contributed by atoms with E-state index in [-0.39, 0.29) is 12.5 Å². The van der Waals surface area contributed by atoms with E-state index in [9.17, 15) is 13.5 Å². The Labute approximate surface area is 111 Å². The van der Waals surface area contributed by atoms with Crippen LogP contribution in [0.15, 0.2) is 0 Å². The van der Waals surface area contributed by atoms with Crippen LogP contribution in [0.2, 0.25) is 0 Å². The van der Waals surface area contributed by atoms with E-state index in [1.54, 1.807) is 0 Å². The van der Waals surface area contributed by atoms with Crippen LogP contribution in [0.3, 0.4) is 0 Å². The van der Waals surface area contributed by atoms with Crippen LogP contribution in [0.1, 0.15) is 46.5 Å². The molecule has 0 heterocycles. The average Bonchev–Trinajstić information content (AvgIpc) is 2.26. The van der Waals surface area contributed by atoms with Crippen molar-refractivity contribution in [3.05, 3.63) is 0 Å². The van der Waals surface area contributed by atoms with Gasteiger partial charge in [-0.1, -0.05) is 33.6 Å². The topological polar surface area (TPSA) is 78.4 Å². The van der Waals surface area contributed by atoms with E-state index >= 15 is 0 Å². The van der Waals surface area contributed by atoms with Crippen LogP contribution in [0.4, 0.5) is 0 Å². The molecule has 0 aromatic rings. The van der Waals surface area contributed by atoms with E-state index in [1.807, 2.05) is 13.8 Å². The van der Waals surface area contributed by atoms with Gasteiger partial charge in [-0.15, -0.1) is 0 Å². The maximum atomic E-state index is 11.9. The first-order chi connectivity index (χ1) is 8.29. The lowest BCUT2D eigenvalue weighted by atomic mass is 9.78. The predicted molar refractivity (Wildman–Crippen MR) is 72.3 cm³/mol. The van der Waals surface area contributed by atoms with Gasteiger partial charge in [0.2, 0.25) is 0 Å². The first-order valence-electron chi connectivity index (χ1n) is 6.68. The van der Waals surface area contributed by atoms with Crippen LogP contribution in [0.25, 0.3) is 0 Å². The molecule has 1 rings (SSSR count). The molecule has 2 unspecified atom stereocenters. The van der Waals surface area contributed by atoms with Gasteiger partial charge in [0.1, 0.15) is 0 Å². The first-order valence-corrected chi connectivity index (χ1v) is 8.16. The number of nitrogens with one attached hydrogen (secondary N) is 2. The van der Waals surface area contributed by atoms with E-state index < -0.39 is 15.7 Å². The first kappa shape index (κ1) is 15.9. The fourth-order valence-corrected chi connectivity index (χ4v) is 3.97. The Hall–Kier alpha value is -0.170. The molecule has 0 aromatic carbocycles. The normalized spacial score (nSPS) is 29.7. The summed E-state index contributed by atoms with van der Waals surface area (Å²) in [6, 6.07) is 0. The molecule has 18 heavy (non-hydrogen) atoms. The van der Waals surface area contributed by atoms with E-state index in [0.717, 1.165) is 12.8 Å². The molecular formula is C12H26N2O3S. The highest BCUT2D eigenvalue weighted by Crippen LogP contribution is 2.32. The monoisotopic (exact) mass is 278 g/mol. The fraction of sp³-hybridized carbons (Fsp3) is 1.00. The zero-order valence-electron chi connectivity index (χ0n) is 11.6. The number of rotatable bonds is 6. The highest BCUT2D eigenvalue weighted by atomic mass is 32.2. The fourth-order valence-electron chi connectivity index (χ4n) is 2.53. The molecule has 1 aliphatic rings. The lowest BCUT2D eigenvalue weighted by Gasteiger charge is -2.38. The minimum Gasteiger partial charge on any atom is -0.394 e. The number of hydrogen-bond donors (Lipinski definition) is 3. The van der Waals surface area contributed by atoms with Gasteiger partial charge in [0.15, 0.2) is 0 Å². The lowest BCUT2D eigenvalue weighted by molar-refractivity contribution is 0.119. The van der Waals surface area contributed by atoms with Crippen LogP contribution < -0.4 is 9.44 Å². The second-order valence-corrected chi connectivity index (χ2v) is 7.49. The minimum atomic E-state index is -3.53. The standard InChI is InChI=1S/C12H26N2O3S/c1-10(2)8-13-18(16,17)14-12(9-15)6-4-5-11(3)7-12/h10-11,13-15H,4-9H2,1-3H3. The van der Waals surface area contributed by atoms with Crippen molar-refractivity contribution in [1.82, 2.24) is 9.44 Å². The Bertz CT molecular complexity index is 356. The molecular weight excluding hydrogens is 252 g/mol. The zero-order chi connectivity index (χ0) is 13.8. The van der Waals surface area contributed by atoms with Crippen molar-refractivity contribution in [2.24, 2.45) is 11.8 Å². The molecule has 5 nitrogen and oxygen atoms in total. The van der Waals surface area contributed by atoms with Gasteiger partial charge in [-0.2, -0.15) is 13.1 Å². The molecule has 0 bridgehead atoms. The van der Waals surface area contributed by atoms with Crippen molar-refractivity contribution in [1.29, 1.82) is 0 Å². The van der Waals surface area contributed by atoms with Crippen LogP contribution >= 0.6 is 0 Å². The summed E-state index contributed by atoms with van der Waals surface area (Å²) in [4.78, 5) is 0. The molecule has 0 aromatic heterocycles. The van der Waals surface area contributed by atoms with Gasteiger partial charge in [0, 0.05) is 6.54 Å². The maximum Gasteiger partial charge on any atom is 0.277 e. The molecule has 0 radical (unpaired) electrons. The van der Waals surface area contributed by atoms with Gasteiger partial charge in [-0.05, 0) is 24.7 Å². The summed E-state index contributed by atoms with van der Waals surface area (Å²) in [5.41, 5.74) is -0.680. The Kier molecular flexibility index (Phi) is 5.58. The summed E-state index contributed by atoms with van der Waals surface area (Å²) in [6.07, 6.45) is 3.46. The van der Waals surface area contributed by atoms with Gasteiger partial charge < -0.3 is 5.11 Å². The molecule has 3 N–H and O–H groups in total. The van der Waals surface area contributed by atoms with Gasteiger partial charge >= 0.3 is 0 Å². The third kappa shape index (κ3) is 4.84. The molecule has 2 atom stereocenters. The number of hydrogen-bond acceptors (Lipinski definition) is 3. The highest BCUT2D eigenvalue weighted by Gasteiger charge is 2.37.